The van der Waals surface area contributed by atoms with Crippen molar-refractivity contribution in [2.45, 2.75) is 26.8 Å². The number of rotatable bonds is 10. The molecule has 0 aliphatic carbocycles. The molecular weight excluding hydrogens is 440 g/mol. The Bertz CT molecular complexity index is 1230. The highest BCUT2D eigenvalue weighted by Crippen LogP contribution is 2.32. The number of hydrogen-bond donors (Lipinski definition) is 0. The number of hydrogen-bond acceptors (Lipinski definition) is 6. The zero-order chi connectivity index (χ0) is 25.5. The molecule has 1 aromatic heterocycles. The summed E-state index contributed by atoms with van der Waals surface area (Å²) in [5.74, 6) is 1.38. The number of carbonyl (C=O) groups excluding carboxylic acids is 1. The van der Waals surface area contributed by atoms with Gasteiger partial charge in [-0.25, -0.2) is 4.98 Å². The number of fused-ring (bicyclic) bond motifs is 1. The summed E-state index contributed by atoms with van der Waals surface area (Å²) in [6, 6.07) is 11.9. The molecule has 0 radical (unpaired) electrons. The molecule has 7 nitrogen and oxygen atoms in total. The van der Waals surface area contributed by atoms with E-state index in [9.17, 15) is 4.79 Å². The minimum Gasteiger partial charge on any atom is -0.497 e. The lowest BCUT2D eigenvalue weighted by molar-refractivity contribution is -0.119. The Morgan fingerprint density at radius 1 is 1.00 bits per heavy atom. The topological polar surface area (TPSA) is 67.8 Å². The largest absolute Gasteiger partial charge is 0.497 e. The summed E-state index contributed by atoms with van der Waals surface area (Å²) in [5.41, 5.74) is 6.29. The minimum atomic E-state index is 0.0846. The van der Waals surface area contributed by atoms with Crippen LogP contribution in [-0.4, -0.2) is 67.1 Å². The number of amides is 1. The highest BCUT2D eigenvalue weighted by atomic mass is 16.5. The van der Waals surface area contributed by atoms with Crippen LogP contribution in [-0.2, 0) is 4.79 Å². The maximum Gasteiger partial charge on any atom is 0.210 e. The molecule has 3 rings (SSSR count). The summed E-state index contributed by atoms with van der Waals surface area (Å²) < 4.78 is 11.0. The summed E-state index contributed by atoms with van der Waals surface area (Å²) in [6.45, 7) is 6.47. The van der Waals surface area contributed by atoms with Gasteiger partial charge in [0.1, 0.15) is 11.5 Å². The van der Waals surface area contributed by atoms with Crippen LogP contribution in [0.15, 0.2) is 54.9 Å². The Kier molecular flexibility index (Phi) is 8.47. The van der Waals surface area contributed by atoms with Gasteiger partial charge in [0.05, 0.1) is 37.1 Å². The Morgan fingerprint density at radius 2 is 1.69 bits per heavy atom. The minimum absolute atomic E-state index is 0.0846. The third-order valence-electron chi connectivity index (χ3n) is 5.68. The SMILES string of the molecule is COc1cc(OC)cc(/C(=C/CN(C=O)C(C)C)c2ccc3ncc(/C(C)=C/N(C)C)nc3c2)c1. The average molecular weight is 475 g/mol. The quantitative estimate of drug-likeness (QED) is 0.391. The van der Waals surface area contributed by atoms with Crippen LogP contribution in [0.2, 0.25) is 0 Å². The Labute approximate surface area is 207 Å². The fraction of sp³-hybridized carbons (Fsp3) is 0.321. The molecule has 1 amide bonds. The van der Waals surface area contributed by atoms with Crippen LogP contribution in [0.25, 0.3) is 22.2 Å². The van der Waals surface area contributed by atoms with Gasteiger partial charge >= 0.3 is 0 Å². The zero-order valence-electron chi connectivity index (χ0n) is 21.6. The number of ether oxygens (including phenoxy) is 2. The number of methoxy groups -OCH3 is 2. The van der Waals surface area contributed by atoms with Crippen LogP contribution in [0.1, 0.15) is 37.6 Å². The maximum atomic E-state index is 11.6. The van der Waals surface area contributed by atoms with E-state index >= 15 is 0 Å². The van der Waals surface area contributed by atoms with Gasteiger partial charge in [-0.15, -0.1) is 0 Å². The molecule has 0 spiro atoms. The molecule has 2 aromatic carbocycles. The second-order valence-corrected chi connectivity index (χ2v) is 8.85. The molecule has 35 heavy (non-hydrogen) atoms. The van der Waals surface area contributed by atoms with Crippen molar-refractivity contribution >= 4 is 28.6 Å². The molecule has 0 fully saturated rings. The van der Waals surface area contributed by atoms with E-state index in [1.165, 1.54) is 0 Å². The van der Waals surface area contributed by atoms with Crippen LogP contribution < -0.4 is 9.47 Å². The summed E-state index contributed by atoms with van der Waals surface area (Å²) in [7, 11) is 7.22. The molecule has 0 aliphatic heterocycles. The molecule has 3 aromatic rings. The monoisotopic (exact) mass is 474 g/mol. The number of benzene rings is 2. The molecule has 0 saturated carbocycles. The third-order valence-corrected chi connectivity index (χ3v) is 5.68. The summed E-state index contributed by atoms with van der Waals surface area (Å²) in [5, 5.41) is 0. The predicted molar refractivity (Wildman–Crippen MR) is 141 cm³/mol. The molecule has 0 aliphatic rings. The first-order valence-electron chi connectivity index (χ1n) is 11.5. The van der Waals surface area contributed by atoms with Crippen molar-refractivity contribution in [3.63, 3.8) is 0 Å². The predicted octanol–water partition coefficient (Wildman–Crippen LogP) is 4.87. The van der Waals surface area contributed by atoms with Gasteiger partial charge in [-0.05, 0) is 67.3 Å². The van der Waals surface area contributed by atoms with E-state index in [2.05, 4.69) is 11.1 Å². The lowest BCUT2D eigenvalue weighted by Crippen LogP contribution is -2.29. The lowest BCUT2D eigenvalue weighted by Gasteiger charge is -2.21. The van der Waals surface area contributed by atoms with Crippen molar-refractivity contribution in [1.82, 2.24) is 19.8 Å². The number of allylic oxidation sites excluding steroid dienone is 1. The van der Waals surface area contributed by atoms with E-state index in [1.807, 2.05) is 82.4 Å². The number of aromatic nitrogens is 2. The Morgan fingerprint density at radius 3 is 2.26 bits per heavy atom. The number of carbonyl (C=O) groups is 1. The fourth-order valence-electron chi connectivity index (χ4n) is 3.76. The van der Waals surface area contributed by atoms with Gasteiger partial charge in [0.25, 0.3) is 0 Å². The summed E-state index contributed by atoms with van der Waals surface area (Å²) in [4.78, 5) is 24.8. The van der Waals surface area contributed by atoms with Gasteiger partial charge < -0.3 is 19.3 Å². The van der Waals surface area contributed by atoms with Crippen molar-refractivity contribution in [3.05, 3.63) is 71.7 Å². The van der Waals surface area contributed by atoms with E-state index < -0.39 is 0 Å². The van der Waals surface area contributed by atoms with Gasteiger partial charge in [-0.3, -0.25) is 9.78 Å². The molecule has 184 valence electrons. The van der Waals surface area contributed by atoms with Crippen LogP contribution in [0, 0.1) is 0 Å². The molecule has 0 unspecified atom stereocenters. The Hall–Kier alpha value is -3.87. The van der Waals surface area contributed by atoms with E-state index in [4.69, 9.17) is 14.5 Å². The highest BCUT2D eigenvalue weighted by Gasteiger charge is 2.13. The zero-order valence-corrected chi connectivity index (χ0v) is 21.6. The standard InChI is InChI=1S/C28H34N4O3/c1-19(2)32(18-33)11-10-25(22-12-23(34-6)15-24(13-22)35-7)21-8-9-26-27(14-21)30-28(16-29-26)20(3)17-31(4)5/h8-10,12-19H,11H2,1-7H3/b20-17+,25-10+. The van der Waals surface area contributed by atoms with E-state index in [0.29, 0.717) is 18.0 Å². The van der Waals surface area contributed by atoms with Crippen LogP contribution in [0.5, 0.6) is 11.5 Å². The van der Waals surface area contributed by atoms with Crippen LogP contribution in [0.3, 0.4) is 0 Å². The molecule has 0 N–H and O–H groups in total. The third kappa shape index (κ3) is 6.38. The first-order valence-corrected chi connectivity index (χ1v) is 11.5. The normalized spacial score (nSPS) is 12.1. The first kappa shape index (κ1) is 25.7. The van der Waals surface area contributed by atoms with E-state index in [0.717, 1.165) is 45.4 Å². The van der Waals surface area contributed by atoms with Gasteiger partial charge in [0.2, 0.25) is 6.41 Å². The van der Waals surface area contributed by atoms with Crippen molar-refractivity contribution in [3.8, 4) is 11.5 Å². The van der Waals surface area contributed by atoms with Gasteiger partial charge in [0.15, 0.2) is 0 Å². The maximum absolute atomic E-state index is 11.6. The fourth-order valence-corrected chi connectivity index (χ4v) is 3.76. The molecule has 7 heteroatoms. The molecule has 0 bridgehead atoms. The molecule has 0 atom stereocenters. The Balaban J connectivity index is 2.17. The summed E-state index contributed by atoms with van der Waals surface area (Å²) in [6.07, 6.45) is 6.75. The van der Waals surface area contributed by atoms with Crippen molar-refractivity contribution in [2.75, 3.05) is 34.9 Å². The smallest absolute Gasteiger partial charge is 0.210 e. The van der Waals surface area contributed by atoms with Gasteiger partial charge in [0, 0.05) is 38.9 Å². The van der Waals surface area contributed by atoms with Crippen molar-refractivity contribution < 1.29 is 14.3 Å². The molecular formula is C28H34N4O3. The van der Waals surface area contributed by atoms with Gasteiger partial charge in [-0.2, -0.15) is 0 Å². The van der Waals surface area contributed by atoms with Crippen molar-refractivity contribution in [2.24, 2.45) is 0 Å². The highest BCUT2D eigenvalue weighted by molar-refractivity contribution is 5.87. The average Bonchev–Trinajstić information content (AvgIpc) is 2.85. The van der Waals surface area contributed by atoms with Crippen molar-refractivity contribution in [1.29, 1.82) is 0 Å². The summed E-state index contributed by atoms with van der Waals surface area (Å²) >= 11 is 0. The molecule has 1 heterocycles. The van der Waals surface area contributed by atoms with E-state index in [1.54, 1.807) is 25.3 Å². The first-order chi connectivity index (χ1) is 16.7. The lowest BCUT2D eigenvalue weighted by atomic mass is 9.96. The molecule has 0 saturated heterocycles. The van der Waals surface area contributed by atoms with Crippen LogP contribution >= 0.6 is 0 Å². The van der Waals surface area contributed by atoms with Crippen LogP contribution in [0.4, 0.5) is 0 Å². The second kappa shape index (κ2) is 11.5. The van der Waals surface area contributed by atoms with E-state index in [-0.39, 0.29) is 6.04 Å². The second-order valence-electron chi connectivity index (χ2n) is 8.85. The number of nitrogens with zero attached hydrogens (tertiary/aromatic N) is 4. The van der Waals surface area contributed by atoms with Gasteiger partial charge in [-0.1, -0.05) is 12.1 Å².